The number of ether oxygens (including phenoxy) is 1. The fourth-order valence-electron chi connectivity index (χ4n) is 1.64. The summed E-state index contributed by atoms with van der Waals surface area (Å²) in [4.78, 5) is 26.4. The number of carbonyl (C=O) groups is 2. The van der Waals surface area contributed by atoms with Gasteiger partial charge in [-0.25, -0.2) is 0 Å². The number of amides is 2. The van der Waals surface area contributed by atoms with Gasteiger partial charge in [-0.1, -0.05) is 0 Å². The Labute approximate surface area is 100 Å². The van der Waals surface area contributed by atoms with Crippen LogP contribution in [0, 0.1) is 0 Å². The van der Waals surface area contributed by atoms with Gasteiger partial charge < -0.3 is 14.5 Å². The number of piperazine rings is 1. The molecule has 0 aromatic rings. The predicted octanol–water partition coefficient (Wildman–Crippen LogP) is -0.0675. The minimum atomic E-state index is -0.0642. The van der Waals surface area contributed by atoms with Gasteiger partial charge in [0.25, 0.3) is 0 Å². The van der Waals surface area contributed by atoms with Gasteiger partial charge in [0, 0.05) is 33.3 Å². The molecule has 6 heteroatoms. The number of rotatable bonds is 4. The second-order valence-electron chi connectivity index (χ2n) is 3.64. The highest BCUT2D eigenvalue weighted by atomic mass is 35.5. The highest BCUT2D eigenvalue weighted by molar-refractivity contribution is 6.27. The van der Waals surface area contributed by atoms with E-state index in [0.717, 1.165) is 0 Å². The molecule has 0 spiro atoms. The van der Waals surface area contributed by atoms with Crippen LogP contribution in [0.5, 0.6) is 0 Å². The fraction of sp³-hybridized carbons (Fsp3) is 0.800. The van der Waals surface area contributed by atoms with Crippen molar-refractivity contribution < 1.29 is 14.3 Å². The highest BCUT2D eigenvalue weighted by Crippen LogP contribution is 2.04. The van der Waals surface area contributed by atoms with Crippen molar-refractivity contribution in [3.05, 3.63) is 0 Å². The van der Waals surface area contributed by atoms with Gasteiger partial charge in [0.2, 0.25) is 11.8 Å². The Balaban J connectivity index is 2.31. The van der Waals surface area contributed by atoms with E-state index in [1.54, 1.807) is 16.9 Å². The summed E-state index contributed by atoms with van der Waals surface area (Å²) in [6.45, 7) is 2.77. The van der Waals surface area contributed by atoms with Crippen molar-refractivity contribution in [2.75, 3.05) is 45.8 Å². The molecule has 1 aliphatic rings. The van der Waals surface area contributed by atoms with Crippen LogP contribution in [0.25, 0.3) is 0 Å². The quantitative estimate of drug-likeness (QED) is 0.655. The first-order chi connectivity index (χ1) is 7.69. The molecule has 0 saturated carbocycles. The average molecular weight is 249 g/mol. The van der Waals surface area contributed by atoms with Crippen molar-refractivity contribution in [1.82, 2.24) is 9.80 Å². The molecule has 0 aromatic heterocycles. The number of alkyl halides is 1. The second kappa shape index (κ2) is 6.70. The number of methoxy groups -OCH3 is 1. The molecule has 0 bridgehead atoms. The third-order valence-electron chi connectivity index (χ3n) is 2.62. The number of hydrogen-bond acceptors (Lipinski definition) is 3. The largest absolute Gasteiger partial charge is 0.384 e. The minimum absolute atomic E-state index is 0.0115. The van der Waals surface area contributed by atoms with Crippen LogP contribution in [-0.4, -0.2) is 67.4 Å². The molecule has 0 atom stereocenters. The summed E-state index contributed by atoms with van der Waals surface area (Å²) in [6.07, 6.45) is 0.403. The SMILES string of the molecule is COCCC(=O)N1CCN(C(=O)CCl)CC1. The van der Waals surface area contributed by atoms with Gasteiger partial charge in [-0.2, -0.15) is 0 Å². The lowest BCUT2D eigenvalue weighted by Gasteiger charge is -2.34. The Hall–Kier alpha value is -0.810. The molecule has 5 nitrogen and oxygen atoms in total. The molecule has 1 rings (SSSR count). The first-order valence-electron chi connectivity index (χ1n) is 5.29. The third kappa shape index (κ3) is 3.64. The molecule has 0 N–H and O–H groups in total. The summed E-state index contributed by atoms with van der Waals surface area (Å²) in [5, 5.41) is 0. The fourth-order valence-corrected chi connectivity index (χ4v) is 1.81. The molecule has 92 valence electrons. The normalized spacial score (nSPS) is 16.4. The standard InChI is InChI=1S/C10H17ClN2O3/c1-16-7-2-9(14)12-3-5-13(6-4-12)10(15)8-11/h2-8H2,1H3. The molecule has 2 amide bonds. The van der Waals surface area contributed by atoms with Crippen LogP contribution in [0.15, 0.2) is 0 Å². The second-order valence-corrected chi connectivity index (χ2v) is 3.91. The lowest BCUT2D eigenvalue weighted by atomic mass is 10.3. The van der Waals surface area contributed by atoms with Gasteiger partial charge in [-0.3, -0.25) is 9.59 Å². The zero-order chi connectivity index (χ0) is 12.0. The van der Waals surface area contributed by atoms with Gasteiger partial charge >= 0.3 is 0 Å². The Kier molecular flexibility index (Phi) is 5.55. The van der Waals surface area contributed by atoms with Gasteiger partial charge in [0.05, 0.1) is 13.0 Å². The van der Waals surface area contributed by atoms with E-state index in [4.69, 9.17) is 16.3 Å². The molecule has 16 heavy (non-hydrogen) atoms. The molecular formula is C10H17ClN2O3. The molecule has 0 unspecified atom stereocenters. The van der Waals surface area contributed by atoms with Gasteiger partial charge in [-0.15, -0.1) is 11.6 Å². The smallest absolute Gasteiger partial charge is 0.237 e. The van der Waals surface area contributed by atoms with E-state index in [2.05, 4.69) is 0 Å². The van der Waals surface area contributed by atoms with Crippen molar-refractivity contribution in [3.63, 3.8) is 0 Å². The topological polar surface area (TPSA) is 49.9 Å². The lowest BCUT2D eigenvalue weighted by Crippen LogP contribution is -2.51. The zero-order valence-corrected chi connectivity index (χ0v) is 10.2. The van der Waals surface area contributed by atoms with E-state index in [9.17, 15) is 9.59 Å². The summed E-state index contributed by atoms with van der Waals surface area (Å²) in [5.41, 5.74) is 0. The first kappa shape index (κ1) is 13.3. The van der Waals surface area contributed by atoms with E-state index < -0.39 is 0 Å². The predicted molar refractivity (Wildman–Crippen MR) is 60.4 cm³/mol. The Bertz CT molecular complexity index is 252. The van der Waals surface area contributed by atoms with E-state index in [1.807, 2.05) is 0 Å². The van der Waals surface area contributed by atoms with Crippen LogP contribution in [0.4, 0.5) is 0 Å². The Morgan fingerprint density at radius 2 is 1.62 bits per heavy atom. The molecule has 0 radical (unpaired) electrons. The molecule has 0 aromatic carbocycles. The first-order valence-corrected chi connectivity index (χ1v) is 5.83. The van der Waals surface area contributed by atoms with E-state index in [1.165, 1.54) is 0 Å². The minimum Gasteiger partial charge on any atom is -0.384 e. The van der Waals surface area contributed by atoms with Gasteiger partial charge in [-0.05, 0) is 0 Å². The third-order valence-corrected chi connectivity index (χ3v) is 2.85. The van der Waals surface area contributed by atoms with Crippen LogP contribution >= 0.6 is 11.6 Å². The summed E-state index contributed by atoms with van der Waals surface area (Å²) in [5.74, 6) is 0.0305. The van der Waals surface area contributed by atoms with Crippen LogP contribution in [0.2, 0.25) is 0 Å². The van der Waals surface area contributed by atoms with Gasteiger partial charge in [0.1, 0.15) is 5.88 Å². The maximum absolute atomic E-state index is 11.6. The molecule has 1 saturated heterocycles. The number of carbonyl (C=O) groups excluding carboxylic acids is 2. The van der Waals surface area contributed by atoms with Crippen LogP contribution in [0.1, 0.15) is 6.42 Å². The molecule has 1 heterocycles. The maximum atomic E-state index is 11.6. The van der Waals surface area contributed by atoms with Crippen LogP contribution in [0.3, 0.4) is 0 Å². The number of halogens is 1. The molecule has 0 aliphatic carbocycles. The van der Waals surface area contributed by atoms with Crippen LogP contribution in [-0.2, 0) is 14.3 Å². The summed E-state index contributed by atoms with van der Waals surface area (Å²) < 4.78 is 4.85. The van der Waals surface area contributed by atoms with Crippen molar-refractivity contribution >= 4 is 23.4 Å². The summed E-state index contributed by atoms with van der Waals surface area (Å²) in [6, 6.07) is 0. The van der Waals surface area contributed by atoms with Crippen molar-refractivity contribution in [2.24, 2.45) is 0 Å². The molecular weight excluding hydrogens is 232 g/mol. The average Bonchev–Trinajstić information content (AvgIpc) is 2.35. The van der Waals surface area contributed by atoms with Crippen LogP contribution < -0.4 is 0 Å². The lowest BCUT2D eigenvalue weighted by molar-refractivity contribution is -0.138. The zero-order valence-electron chi connectivity index (χ0n) is 9.45. The van der Waals surface area contributed by atoms with Crippen molar-refractivity contribution in [3.8, 4) is 0 Å². The summed E-state index contributed by atoms with van der Waals surface area (Å²) in [7, 11) is 1.57. The number of hydrogen-bond donors (Lipinski definition) is 0. The Morgan fingerprint density at radius 1 is 1.12 bits per heavy atom. The maximum Gasteiger partial charge on any atom is 0.237 e. The highest BCUT2D eigenvalue weighted by Gasteiger charge is 2.22. The van der Waals surface area contributed by atoms with Crippen molar-refractivity contribution in [1.29, 1.82) is 0 Å². The monoisotopic (exact) mass is 248 g/mol. The number of nitrogens with zero attached hydrogens (tertiary/aromatic N) is 2. The van der Waals surface area contributed by atoms with E-state index in [0.29, 0.717) is 39.2 Å². The molecule has 1 aliphatic heterocycles. The van der Waals surface area contributed by atoms with E-state index in [-0.39, 0.29) is 17.7 Å². The molecule has 1 fully saturated rings. The van der Waals surface area contributed by atoms with E-state index >= 15 is 0 Å². The summed E-state index contributed by atoms with van der Waals surface area (Å²) >= 11 is 5.46. The Morgan fingerprint density at radius 3 is 2.06 bits per heavy atom. The van der Waals surface area contributed by atoms with Gasteiger partial charge in [0.15, 0.2) is 0 Å². The van der Waals surface area contributed by atoms with Crippen molar-refractivity contribution in [2.45, 2.75) is 6.42 Å².